The molecule has 1 aromatic carbocycles. The second-order valence-electron chi connectivity index (χ2n) is 7.39. The van der Waals surface area contributed by atoms with Crippen LogP contribution in [0.4, 0.5) is 0 Å². The fraction of sp³-hybridized carbons (Fsp3) is 0.524. The molecule has 1 N–H and O–H groups in total. The van der Waals surface area contributed by atoms with Gasteiger partial charge in [-0.2, -0.15) is 0 Å². The minimum Gasteiger partial charge on any atom is -0.493 e. The van der Waals surface area contributed by atoms with Gasteiger partial charge in [0.05, 0.1) is 14.2 Å². The second-order valence-corrected chi connectivity index (χ2v) is 7.39. The molecule has 1 saturated heterocycles. The lowest BCUT2D eigenvalue weighted by Gasteiger charge is -2.29. The number of piperidine rings is 1. The van der Waals surface area contributed by atoms with Crippen molar-refractivity contribution in [3.05, 3.63) is 47.0 Å². The number of benzene rings is 1. The number of ether oxygens (including phenoxy) is 2. The van der Waals surface area contributed by atoms with Gasteiger partial charge in [-0.15, -0.1) is 0 Å². The minimum atomic E-state index is 0.467. The van der Waals surface area contributed by atoms with Gasteiger partial charge in [0.25, 0.3) is 0 Å². The highest BCUT2D eigenvalue weighted by Crippen LogP contribution is 2.29. The summed E-state index contributed by atoms with van der Waals surface area (Å²) < 4.78 is 10.8. The molecule has 0 amide bonds. The van der Waals surface area contributed by atoms with Crippen LogP contribution in [0.15, 0.2) is 24.4 Å². The molecule has 0 saturated carbocycles. The number of nitrogens with zero attached hydrogens (tertiary/aromatic N) is 3. The SMILES string of the molecule is COc1ccc(CN2CCc3nc([C@H]4CCCNC4)ncc3C2)cc1OC. The zero-order valence-electron chi connectivity index (χ0n) is 16.2. The van der Waals surface area contributed by atoms with Gasteiger partial charge in [0, 0.05) is 56.0 Å². The van der Waals surface area contributed by atoms with Crippen molar-refractivity contribution < 1.29 is 9.47 Å². The zero-order chi connectivity index (χ0) is 18.6. The van der Waals surface area contributed by atoms with Crippen LogP contribution in [0.3, 0.4) is 0 Å². The number of fused-ring (bicyclic) bond motifs is 1. The lowest BCUT2D eigenvalue weighted by Crippen LogP contribution is -2.32. The van der Waals surface area contributed by atoms with Crippen molar-refractivity contribution in [3.63, 3.8) is 0 Å². The standard InChI is InChI=1S/C21H28N4O2/c1-26-19-6-5-15(10-20(19)27-2)13-25-9-7-18-17(14-25)12-23-21(24-18)16-4-3-8-22-11-16/h5-6,10,12,16,22H,3-4,7-9,11,13-14H2,1-2H3/t16-/m0/s1. The van der Waals surface area contributed by atoms with E-state index in [2.05, 4.69) is 22.3 Å². The number of rotatable bonds is 5. The fourth-order valence-electron chi connectivity index (χ4n) is 4.03. The zero-order valence-corrected chi connectivity index (χ0v) is 16.2. The van der Waals surface area contributed by atoms with E-state index in [1.54, 1.807) is 14.2 Å². The lowest BCUT2D eigenvalue weighted by molar-refractivity contribution is 0.241. The Bertz CT molecular complexity index is 790. The predicted octanol–water partition coefficient (Wildman–Crippen LogP) is 2.52. The number of hydrogen-bond donors (Lipinski definition) is 1. The van der Waals surface area contributed by atoms with Crippen LogP contribution < -0.4 is 14.8 Å². The van der Waals surface area contributed by atoms with Crippen molar-refractivity contribution in [2.45, 2.75) is 38.3 Å². The highest BCUT2D eigenvalue weighted by Gasteiger charge is 2.22. The van der Waals surface area contributed by atoms with Crippen LogP contribution in [0.2, 0.25) is 0 Å². The van der Waals surface area contributed by atoms with E-state index in [1.807, 2.05) is 12.3 Å². The van der Waals surface area contributed by atoms with E-state index in [-0.39, 0.29) is 0 Å². The molecule has 2 aliphatic heterocycles. The quantitative estimate of drug-likeness (QED) is 0.875. The van der Waals surface area contributed by atoms with E-state index >= 15 is 0 Å². The second kappa shape index (κ2) is 8.23. The number of methoxy groups -OCH3 is 2. The van der Waals surface area contributed by atoms with E-state index in [0.29, 0.717) is 5.92 Å². The Morgan fingerprint density at radius 3 is 2.89 bits per heavy atom. The first kappa shape index (κ1) is 18.2. The normalized spacial score (nSPS) is 20.1. The molecule has 6 nitrogen and oxygen atoms in total. The summed E-state index contributed by atoms with van der Waals surface area (Å²) in [4.78, 5) is 12.0. The van der Waals surface area contributed by atoms with Crippen LogP contribution in [-0.2, 0) is 19.5 Å². The first-order chi connectivity index (χ1) is 13.3. The smallest absolute Gasteiger partial charge is 0.161 e. The molecule has 1 aromatic heterocycles. The molecule has 3 heterocycles. The summed E-state index contributed by atoms with van der Waals surface area (Å²) in [5.74, 6) is 3.04. The predicted molar refractivity (Wildman–Crippen MR) is 104 cm³/mol. The minimum absolute atomic E-state index is 0.467. The summed E-state index contributed by atoms with van der Waals surface area (Å²) in [6, 6.07) is 6.14. The van der Waals surface area contributed by atoms with E-state index in [0.717, 1.165) is 56.5 Å². The van der Waals surface area contributed by atoms with Crippen LogP contribution in [0.25, 0.3) is 0 Å². The third-order valence-electron chi connectivity index (χ3n) is 5.55. The van der Waals surface area contributed by atoms with Crippen LogP contribution in [0, 0.1) is 0 Å². The Hall–Kier alpha value is -2.18. The highest BCUT2D eigenvalue weighted by atomic mass is 16.5. The van der Waals surface area contributed by atoms with Crippen molar-refractivity contribution in [1.29, 1.82) is 0 Å². The summed E-state index contributed by atoms with van der Waals surface area (Å²) in [6.07, 6.45) is 5.44. The molecule has 0 spiro atoms. The Balaban J connectivity index is 1.44. The summed E-state index contributed by atoms with van der Waals surface area (Å²) in [5.41, 5.74) is 3.71. The molecule has 4 rings (SSSR count). The van der Waals surface area contributed by atoms with Gasteiger partial charge in [0.1, 0.15) is 5.82 Å². The molecule has 1 atom stereocenters. The molecule has 0 radical (unpaired) electrons. The third-order valence-corrected chi connectivity index (χ3v) is 5.55. The van der Waals surface area contributed by atoms with Crippen molar-refractivity contribution in [1.82, 2.24) is 20.2 Å². The maximum absolute atomic E-state index is 5.42. The Morgan fingerprint density at radius 1 is 1.22 bits per heavy atom. The average Bonchev–Trinajstić information content (AvgIpc) is 2.74. The third kappa shape index (κ3) is 4.06. The summed E-state index contributed by atoms with van der Waals surface area (Å²) in [6.45, 7) is 4.92. The molecule has 1 fully saturated rings. The topological polar surface area (TPSA) is 59.5 Å². The summed E-state index contributed by atoms with van der Waals surface area (Å²) in [7, 11) is 3.34. The van der Waals surface area contributed by atoms with Crippen molar-refractivity contribution >= 4 is 0 Å². The molecule has 6 heteroatoms. The van der Waals surface area contributed by atoms with Crippen LogP contribution in [0.1, 0.15) is 41.4 Å². The van der Waals surface area contributed by atoms with E-state index in [4.69, 9.17) is 19.4 Å². The Morgan fingerprint density at radius 2 is 2.11 bits per heavy atom. The summed E-state index contributed by atoms with van der Waals surface area (Å²) in [5, 5.41) is 3.46. The van der Waals surface area contributed by atoms with Crippen LogP contribution in [-0.4, -0.2) is 48.7 Å². The first-order valence-electron chi connectivity index (χ1n) is 9.75. The summed E-state index contributed by atoms with van der Waals surface area (Å²) >= 11 is 0. The molecular weight excluding hydrogens is 340 g/mol. The Labute approximate surface area is 160 Å². The van der Waals surface area contributed by atoms with Crippen molar-refractivity contribution in [2.75, 3.05) is 33.9 Å². The van der Waals surface area contributed by atoms with Crippen LogP contribution in [0.5, 0.6) is 11.5 Å². The fourth-order valence-corrected chi connectivity index (χ4v) is 4.03. The lowest BCUT2D eigenvalue weighted by atomic mass is 9.98. The molecule has 0 unspecified atom stereocenters. The molecule has 2 aliphatic rings. The van der Waals surface area contributed by atoms with Gasteiger partial charge in [-0.25, -0.2) is 9.97 Å². The van der Waals surface area contributed by atoms with Gasteiger partial charge in [-0.1, -0.05) is 6.07 Å². The van der Waals surface area contributed by atoms with E-state index < -0.39 is 0 Å². The number of hydrogen-bond acceptors (Lipinski definition) is 6. The largest absolute Gasteiger partial charge is 0.493 e. The Kier molecular flexibility index (Phi) is 5.55. The molecule has 0 aliphatic carbocycles. The first-order valence-corrected chi connectivity index (χ1v) is 9.75. The molecule has 27 heavy (non-hydrogen) atoms. The van der Waals surface area contributed by atoms with Crippen molar-refractivity contribution in [3.8, 4) is 11.5 Å². The average molecular weight is 368 g/mol. The molecule has 0 bridgehead atoms. The maximum Gasteiger partial charge on any atom is 0.161 e. The highest BCUT2D eigenvalue weighted by molar-refractivity contribution is 5.42. The van der Waals surface area contributed by atoms with E-state index in [1.165, 1.54) is 29.7 Å². The number of aromatic nitrogens is 2. The number of nitrogens with one attached hydrogen (secondary N) is 1. The molecule has 2 aromatic rings. The van der Waals surface area contributed by atoms with Gasteiger partial charge in [-0.05, 0) is 37.1 Å². The van der Waals surface area contributed by atoms with Gasteiger partial charge in [0.2, 0.25) is 0 Å². The van der Waals surface area contributed by atoms with Crippen molar-refractivity contribution in [2.24, 2.45) is 0 Å². The van der Waals surface area contributed by atoms with Gasteiger partial charge in [0.15, 0.2) is 11.5 Å². The molecular formula is C21H28N4O2. The van der Waals surface area contributed by atoms with E-state index in [9.17, 15) is 0 Å². The van der Waals surface area contributed by atoms with Gasteiger partial charge in [-0.3, -0.25) is 4.90 Å². The maximum atomic E-state index is 5.42. The monoisotopic (exact) mass is 368 g/mol. The van der Waals surface area contributed by atoms with Crippen LogP contribution >= 0.6 is 0 Å². The van der Waals surface area contributed by atoms with Gasteiger partial charge < -0.3 is 14.8 Å². The molecule has 144 valence electrons. The van der Waals surface area contributed by atoms with Gasteiger partial charge >= 0.3 is 0 Å².